The van der Waals surface area contributed by atoms with Crippen molar-refractivity contribution in [1.29, 1.82) is 0 Å². The molecule has 0 unspecified atom stereocenters. The molecule has 2 aromatic rings. The number of ether oxygens (including phenoxy) is 1. The van der Waals surface area contributed by atoms with Crippen molar-refractivity contribution in [3.05, 3.63) is 53.3 Å². The molecule has 7 nitrogen and oxygen atoms in total. The predicted molar refractivity (Wildman–Crippen MR) is 141 cm³/mol. The van der Waals surface area contributed by atoms with Crippen molar-refractivity contribution in [2.45, 2.75) is 50.0 Å². The molecule has 0 spiro atoms. The number of carboxylic acids is 1. The van der Waals surface area contributed by atoms with Crippen molar-refractivity contribution in [1.82, 2.24) is 4.90 Å². The van der Waals surface area contributed by atoms with Crippen molar-refractivity contribution in [2.75, 3.05) is 37.2 Å². The Hall–Kier alpha value is -3.07. The number of hydrogen-bond acceptors (Lipinski definition) is 4. The van der Waals surface area contributed by atoms with Crippen molar-refractivity contribution in [3.8, 4) is 5.75 Å². The number of fused-ring (bicyclic) bond motifs is 1. The van der Waals surface area contributed by atoms with Gasteiger partial charge in [0.25, 0.3) is 5.91 Å². The number of anilines is 1. The Morgan fingerprint density at radius 1 is 1.11 bits per heavy atom. The van der Waals surface area contributed by atoms with Gasteiger partial charge in [-0.05, 0) is 86.4 Å². The van der Waals surface area contributed by atoms with E-state index in [1.807, 2.05) is 31.8 Å². The van der Waals surface area contributed by atoms with Gasteiger partial charge in [-0.3, -0.25) is 14.4 Å². The van der Waals surface area contributed by atoms with Gasteiger partial charge in [0.05, 0.1) is 6.61 Å². The van der Waals surface area contributed by atoms with Crippen LogP contribution < -0.4 is 10.1 Å². The number of aliphatic carboxylic acids is 1. The highest BCUT2D eigenvalue weighted by atomic mass is 32.3. The van der Waals surface area contributed by atoms with Crippen LogP contribution in [0, 0.1) is 5.82 Å². The first-order valence-electron chi connectivity index (χ1n) is 12.1. The quantitative estimate of drug-likeness (QED) is 0.432. The highest BCUT2D eigenvalue weighted by Crippen LogP contribution is 2.47. The van der Waals surface area contributed by atoms with E-state index in [2.05, 4.69) is 5.32 Å². The van der Waals surface area contributed by atoms with Crippen molar-refractivity contribution in [2.24, 2.45) is 0 Å². The second kappa shape index (κ2) is 11.8. The fourth-order valence-corrected chi connectivity index (χ4v) is 5.51. The molecule has 0 bridgehead atoms. The zero-order valence-corrected chi connectivity index (χ0v) is 22.1. The normalized spacial score (nSPS) is 15.7. The minimum absolute atomic E-state index is 0.00191. The Kier molecular flexibility index (Phi) is 9.00. The third-order valence-electron chi connectivity index (χ3n) is 6.11. The number of nitrogens with zero attached hydrogens (tertiary/aromatic N) is 1. The molecule has 3 rings (SSSR count). The molecule has 1 aliphatic heterocycles. The van der Waals surface area contributed by atoms with Crippen LogP contribution in [0.2, 0.25) is 0 Å². The molecule has 0 radical (unpaired) electrons. The van der Waals surface area contributed by atoms with Gasteiger partial charge in [-0.2, -0.15) is 0 Å². The highest BCUT2D eigenvalue weighted by molar-refractivity contribution is 8.32. The first kappa shape index (κ1) is 27.5. The second-order valence-corrected chi connectivity index (χ2v) is 13.7. The van der Waals surface area contributed by atoms with Gasteiger partial charge in [0.15, 0.2) is 0 Å². The number of hydrogen-bond donors (Lipinski definition) is 2. The van der Waals surface area contributed by atoms with Gasteiger partial charge in [-0.25, -0.2) is 14.4 Å². The number of carbonyl (C=O) groups excluding carboxylic acids is 2. The lowest BCUT2D eigenvalue weighted by Gasteiger charge is -2.36. The first-order chi connectivity index (χ1) is 17.0. The van der Waals surface area contributed by atoms with Crippen LogP contribution in [0.1, 0.15) is 49.8 Å². The van der Waals surface area contributed by atoms with E-state index in [-0.39, 0.29) is 24.6 Å². The number of halogens is 1. The Bertz CT molecular complexity index is 1130. The zero-order valence-electron chi connectivity index (χ0n) is 21.3. The monoisotopic (exact) mass is 518 g/mol. The lowest BCUT2D eigenvalue weighted by molar-refractivity contribution is -0.140. The van der Waals surface area contributed by atoms with Crippen molar-refractivity contribution < 1.29 is 28.6 Å². The van der Waals surface area contributed by atoms with E-state index in [0.29, 0.717) is 54.3 Å². The average Bonchev–Trinajstić information content (AvgIpc) is 2.80. The summed E-state index contributed by atoms with van der Waals surface area (Å²) in [5, 5.41) is 11.7. The summed E-state index contributed by atoms with van der Waals surface area (Å²) in [4.78, 5) is 39.6. The summed E-state index contributed by atoms with van der Waals surface area (Å²) in [6, 6.07) is 9.32. The summed E-state index contributed by atoms with van der Waals surface area (Å²) >= 11 is 0. The SMILES string of the molecule is CCOc1ccc2c(c1)CCN(C(=O)CCCCC(=O)O)[C@H]2C(=O)Nc1ccc(S(C)(C)C)c(F)c1. The van der Waals surface area contributed by atoms with E-state index in [4.69, 9.17) is 9.84 Å². The van der Waals surface area contributed by atoms with E-state index in [1.165, 1.54) is 6.07 Å². The van der Waals surface area contributed by atoms with Gasteiger partial charge in [0.2, 0.25) is 5.91 Å². The van der Waals surface area contributed by atoms with Crippen LogP contribution in [0.4, 0.5) is 10.1 Å². The van der Waals surface area contributed by atoms with Crippen LogP contribution in [-0.4, -0.2) is 59.7 Å². The Morgan fingerprint density at radius 2 is 1.83 bits per heavy atom. The number of nitrogens with one attached hydrogen (secondary N) is 1. The molecule has 1 heterocycles. The lowest BCUT2D eigenvalue weighted by atomic mass is 9.91. The molecule has 2 N–H and O–H groups in total. The fraction of sp³-hybridized carbons (Fsp3) is 0.444. The van der Waals surface area contributed by atoms with E-state index < -0.39 is 27.9 Å². The minimum atomic E-state index is -1.27. The third-order valence-corrected chi connectivity index (χ3v) is 7.76. The molecular formula is C27H35FN2O5S. The molecule has 1 aliphatic rings. The number of carboxylic acid groups (broad SMARTS) is 1. The van der Waals surface area contributed by atoms with Gasteiger partial charge in [-0.1, -0.05) is 6.07 Å². The van der Waals surface area contributed by atoms with Crippen LogP contribution in [0.25, 0.3) is 0 Å². The molecule has 1 atom stereocenters. The van der Waals surface area contributed by atoms with Crippen LogP contribution >= 0.6 is 10.0 Å². The number of amides is 2. The van der Waals surface area contributed by atoms with E-state index >= 15 is 0 Å². The molecule has 2 amide bonds. The Balaban J connectivity index is 1.87. The Labute approximate surface area is 213 Å². The maximum absolute atomic E-state index is 14.8. The number of benzene rings is 2. The molecule has 0 aromatic heterocycles. The van der Waals surface area contributed by atoms with E-state index in [1.54, 1.807) is 29.2 Å². The van der Waals surface area contributed by atoms with Crippen LogP contribution in [0.5, 0.6) is 5.75 Å². The summed E-state index contributed by atoms with van der Waals surface area (Å²) in [7, 11) is -1.27. The summed E-state index contributed by atoms with van der Waals surface area (Å²) in [6.45, 7) is 2.76. The van der Waals surface area contributed by atoms with Gasteiger partial charge in [0, 0.05) is 30.0 Å². The smallest absolute Gasteiger partial charge is 0.303 e. The van der Waals surface area contributed by atoms with Crippen LogP contribution in [-0.2, 0) is 20.8 Å². The summed E-state index contributed by atoms with van der Waals surface area (Å²) in [6.07, 6.45) is 7.53. The molecule has 2 aromatic carbocycles. The summed E-state index contributed by atoms with van der Waals surface area (Å²) in [5.41, 5.74) is 1.96. The maximum Gasteiger partial charge on any atom is 0.303 e. The van der Waals surface area contributed by atoms with Gasteiger partial charge in [-0.15, -0.1) is 0 Å². The molecule has 0 saturated carbocycles. The number of carbonyl (C=O) groups is 3. The average molecular weight is 519 g/mol. The largest absolute Gasteiger partial charge is 0.494 e. The Morgan fingerprint density at radius 3 is 2.47 bits per heavy atom. The standard InChI is InChI=1S/C27H35FN2O5S/c1-5-35-20-11-12-21-18(16-20)14-15-30(24(31)8-6-7-9-25(32)33)26(21)27(34)29-19-10-13-23(22(28)17-19)36(2,3)4/h10-13,16-17,26H,5-9,14-15H2,1-4H3,(H,29,34)(H,32,33)/t26-/m1/s1. The van der Waals surface area contributed by atoms with Crippen LogP contribution in [0.15, 0.2) is 41.3 Å². The first-order valence-corrected chi connectivity index (χ1v) is 14.9. The minimum Gasteiger partial charge on any atom is -0.494 e. The van der Waals surface area contributed by atoms with E-state index in [0.717, 1.165) is 5.56 Å². The molecule has 9 heteroatoms. The molecule has 36 heavy (non-hydrogen) atoms. The second-order valence-electron chi connectivity index (χ2n) is 9.61. The van der Waals surface area contributed by atoms with Gasteiger partial charge >= 0.3 is 5.97 Å². The molecule has 0 fully saturated rings. The van der Waals surface area contributed by atoms with Gasteiger partial charge < -0.3 is 20.1 Å². The van der Waals surface area contributed by atoms with Crippen molar-refractivity contribution in [3.63, 3.8) is 0 Å². The molecular weight excluding hydrogens is 483 g/mol. The van der Waals surface area contributed by atoms with E-state index in [9.17, 15) is 18.8 Å². The number of unbranched alkanes of at least 4 members (excludes halogenated alkanes) is 1. The highest BCUT2D eigenvalue weighted by Gasteiger charge is 2.36. The fourth-order valence-electron chi connectivity index (χ4n) is 4.39. The summed E-state index contributed by atoms with van der Waals surface area (Å²) < 4.78 is 20.4. The summed E-state index contributed by atoms with van der Waals surface area (Å²) in [5.74, 6) is -1.20. The predicted octanol–water partition coefficient (Wildman–Crippen LogP) is 4.99. The lowest BCUT2D eigenvalue weighted by Crippen LogP contribution is -2.45. The van der Waals surface area contributed by atoms with Crippen LogP contribution in [0.3, 0.4) is 0 Å². The van der Waals surface area contributed by atoms with Crippen molar-refractivity contribution >= 4 is 33.5 Å². The maximum atomic E-state index is 14.8. The third kappa shape index (κ3) is 6.78. The number of rotatable bonds is 10. The topological polar surface area (TPSA) is 95.9 Å². The van der Waals surface area contributed by atoms with Gasteiger partial charge in [0.1, 0.15) is 17.6 Å². The molecule has 0 aliphatic carbocycles. The zero-order chi connectivity index (χ0) is 26.5. The molecule has 0 saturated heterocycles. The molecule has 196 valence electrons.